The average molecular weight is 1100 g/mol. The molecule has 0 unspecified atom stereocenters. The van der Waals surface area contributed by atoms with E-state index in [4.69, 9.17) is 22.9 Å². The van der Waals surface area contributed by atoms with Crippen molar-refractivity contribution in [3.05, 3.63) is 65.7 Å². The summed E-state index contributed by atoms with van der Waals surface area (Å²) in [5.74, 6) is -8.85. The molecule has 0 aliphatic carbocycles. The predicted molar refractivity (Wildman–Crippen MR) is 287 cm³/mol. The van der Waals surface area contributed by atoms with Gasteiger partial charge in [-0.15, -0.1) is 0 Å². The maximum absolute atomic E-state index is 14.8. The van der Waals surface area contributed by atoms with Gasteiger partial charge in [0.15, 0.2) is 5.96 Å². The molecule has 2 heterocycles. The third-order valence-corrected chi connectivity index (χ3v) is 16.4. The largest absolute Gasteiger partial charge is 0.508 e. The molecule has 2 saturated heterocycles. The topological polar surface area (TPSA) is 395 Å². The number of benzene rings is 2. The van der Waals surface area contributed by atoms with Crippen molar-refractivity contribution in [2.45, 2.75) is 139 Å². The third kappa shape index (κ3) is 19.2. The fourth-order valence-corrected chi connectivity index (χ4v) is 11.9. The lowest BCUT2D eigenvalue weighted by Gasteiger charge is -2.33. The van der Waals surface area contributed by atoms with Crippen molar-refractivity contribution in [3.63, 3.8) is 0 Å². The van der Waals surface area contributed by atoms with Gasteiger partial charge in [-0.2, -0.15) is 0 Å². The van der Waals surface area contributed by atoms with Gasteiger partial charge < -0.3 is 70.2 Å². The van der Waals surface area contributed by atoms with Crippen LogP contribution in [0.2, 0.25) is 0 Å². The van der Waals surface area contributed by atoms with Crippen LogP contribution < -0.4 is 60.2 Å². The quantitative estimate of drug-likeness (QED) is 0.0334. The van der Waals surface area contributed by atoms with Gasteiger partial charge in [0.2, 0.25) is 59.1 Å². The number of hydrogen-bond donors (Lipinski definition) is 12. The molecule has 0 aromatic heterocycles. The number of likely N-dealkylation sites (tertiary alicyclic amines) is 1. The number of carbonyl (C=O) groups is 10. The molecule has 26 heteroatoms. The SMILES string of the molecule is CCC1(CC)CC(=O)N[C@@H](Cc2ccc(O)cc2)C(=O)N[C@H](Cc2ccccc2)C(=O)N[C@@H](C(C)C)C(=O)N[C@H](CC(N)=O)C(=O)N[C@@H](C(=O)N2CCC[C@H]2C(=O)N[C@@H](CCCN=C(N)N)C(=O)NCC(N)=O)CSS1. The Morgan fingerprint density at radius 2 is 1.39 bits per heavy atom. The molecule has 2 fully saturated rings. The highest BCUT2D eigenvalue weighted by Gasteiger charge is 2.42. The molecule has 0 radical (unpaired) electrons. The second kappa shape index (κ2) is 29.9. The van der Waals surface area contributed by atoms with E-state index in [9.17, 15) is 53.1 Å². The van der Waals surface area contributed by atoms with E-state index in [1.165, 1.54) is 27.8 Å². The van der Waals surface area contributed by atoms with Crippen molar-refractivity contribution in [1.82, 2.24) is 42.1 Å². The summed E-state index contributed by atoms with van der Waals surface area (Å²) >= 11 is 0. The molecule has 0 saturated carbocycles. The predicted octanol–water partition coefficient (Wildman–Crippen LogP) is -1.39. The van der Waals surface area contributed by atoms with Gasteiger partial charge in [-0.3, -0.25) is 52.9 Å². The minimum atomic E-state index is -1.67. The summed E-state index contributed by atoms with van der Waals surface area (Å²) in [6.45, 7) is 6.66. The van der Waals surface area contributed by atoms with E-state index >= 15 is 0 Å². The normalized spacial score (nSPS) is 22.3. The van der Waals surface area contributed by atoms with E-state index in [2.05, 4.69) is 42.2 Å². The standard InChI is InChI=1S/C50H73N13O11S2/c1-5-50(6-2)25-40(67)57-33(23-30-16-18-31(64)19-17-30)43(69)59-34(22-29-12-8-7-9-13-29)45(71)62-41(28(3)4)47(73)60-35(24-38(51)65)44(70)61-36(27-75-76-50)48(74)63-21-11-15-37(63)46(72)58-32(14-10-20-55-49(53)54)42(68)56-26-39(52)66/h7-9,12-13,16-19,28,32-37,41,64H,5-6,10-11,14-15,20-27H2,1-4H3,(H2,51,65)(H2,52,66)(H,56,68)(H,57,67)(H,58,72)(H,59,69)(H,60,73)(H,61,70)(H,62,71)(H4,53,54,55)/t32-,33-,34+,35+,36+,37-,41-/m0/s1. The van der Waals surface area contributed by atoms with Crippen molar-refractivity contribution in [2.75, 3.05) is 25.4 Å². The van der Waals surface area contributed by atoms with Gasteiger partial charge in [-0.05, 0) is 67.7 Å². The number of phenols is 1. The molecule has 416 valence electrons. The molecule has 2 aromatic rings. The molecule has 2 aromatic carbocycles. The van der Waals surface area contributed by atoms with Crippen molar-refractivity contribution in [2.24, 2.45) is 33.8 Å². The zero-order chi connectivity index (χ0) is 56.1. The first-order chi connectivity index (χ1) is 36.0. The Bertz CT molecular complexity index is 2410. The van der Waals surface area contributed by atoms with Gasteiger partial charge in [-0.25, -0.2) is 0 Å². The van der Waals surface area contributed by atoms with Gasteiger partial charge in [0, 0.05) is 42.9 Å². The zero-order valence-corrected chi connectivity index (χ0v) is 44.9. The molecule has 24 nitrogen and oxygen atoms in total. The second-order valence-electron chi connectivity index (χ2n) is 19.1. The summed E-state index contributed by atoms with van der Waals surface area (Å²) < 4.78 is -0.821. The van der Waals surface area contributed by atoms with Crippen molar-refractivity contribution in [1.29, 1.82) is 0 Å². The highest BCUT2D eigenvalue weighted by molar-refractivity contribution is 8.77. The molecule has 0 bridgehead atoms. The molecular weight excluding hydrogens is 1020 g/mol. The Kier molecular flexibility index (Phi) is 24.1. The maximum atomic E-state index is 14.8. The van der Waals surface area contributed by atoms with Crippen molar-refractivity contribution < 1.29 is 53.1 Å². The number of nitrogens with one attached hydrogen (secondary N) is 7. The molecule has 0 spiro atoms. The summed E-state index contributed by atoms with van der Waals surface area (Å²) in [4.78, 5) is 143. The summed E-state index contributed by atoms with van der Waals surface area (Å²) in [6.07, 6.45) is 0.700. The Hall–Kier alpha value is -7.09. The number of carbonyl (C=O) groups excluding carboxylic acids is 10. The van der Waals surface area contributed by atoms with Crippen LogP contribution >= 0.6 is 21.6 Å². The maximum Gasteiger partial charge on any atom is 0.246 e. The lowest BCUT2D eigenvalue weighted by Crippen LogP contribution is -2.61. The fraction of sp³-hybridized carbons (Fsp3) is 0.540. The monoisotopic (exact) mass is 1100 g/mol. The average Bonchev–Trinajstić information content (AvgIpc) is 3.87. The fourth-order valence-electron chi connectivity index (χ4n) is 8.57. The molecule has 76 heavy (non-hydrogen) atoms. The molecule has 10 amide bonds. The minimum Gasteiger partial charge on any atom is -0.508 e. The second-order valence-corrected chi connectivity index (χ2v) is 21.9. The van der Waals surface area contributed by atoms with Crippen LogP contribution in [-0.4, -0.2) is 147 Å². The number of primary amides is 2. The molecule has 2 aliphatic heterocycles. The van der Waals surface area contributed by atoms with Crippen LogP contribution in [-0.2, 0) is 60.8 Å². The lowest BCUT2D eigenvalue weighted by atomic mass is 9.96. The van der Waals surface area contributed by atoms with Crippen molar-refractivity contribution in [3.8, 4) is 5.75 Å². The van der Waals surface area contributed by atoms with Gasteiger partial charge in [0.05, 0.1) is 13.0 Å². The number of amides is 10. The van der Waals surface area contributed by atoms with E-state index in [0.29, 0.717) is 30.4 Å². The summed E-state index contributed by atoms with van der Waals surface area (Å²) in [6, 6.07) is 5.52. The molecule has 7 atom stereocenters. The lowest BCUT2D eigenvalue weighted by molar-refractivity contribution is -0.142. The van der Waals surface area contributed by atoms with Crippen LogP contribution in [0.3, 0.4) is 0 Å². The van der Waals surface area contributed by atoms with E-state index < -0.39 is 125 Å². The van der Waals surface area contributed by atoms with Crippen LogP contribution in [0, 0.1) is 5.92 Å². The van der Waals surface area contributed by atoms with Crippen LogP contribution in [0.1, 0.15) is 90.2 Å². The van der Waals surface area contributed by atoms with E-state index in [0.717, 1.165) is 10.8 Å². The van der Waals surface area contributed by atoms with Crippen molar-refractivity contribution >= 4 is 86.6 Å². The summed E-state index contributed by atoms with van der Waals surface area (Å²) in [7, 11) is 2.43. The first-order valence-electron chi connectivity index (χ1n) is 25.2. The third-order valence-electron chi connectivity index (χ3n) is 12.9. The number of rotatable bonds is 19. The van der Waals surface area contributed by atoms with Crippen LogP contribution in [0.5, 0.6) is 5.75 Å². The van der Waals surface area contributed by atoms with Gasteiger partial charge in [-0.1, -0.05) is 91.7 Å². The van der Waals surface area contributed by atoms with Gasteiger partial charge in [0.25, 0.3) is 0 Å². The van der Waals surface area contributed by atoms with Crippen LogP contribution in [0.15, 0.2) is 59.6 Å². The molecule has 16 N–H and O–H groups in total. The highest BCUT2D eigenvalue weighted by atomic mass is 33.1. The number of hydrogen-bond acceptors (Lipinski definition) is 14. The molecule has 4 rings (SSSR count). The zero-order valence-electron chi connectivity index (χ0n) is 43.3. The summed E-state index contributed by atoms with van der Waals surface area (Å²) in [5.41, 5.74) is 23.0. The molecule has 2 aliphatic rings. The van der Waals surface area contributed by atoms with E-state index in [1.54, 1.807) is 56.3 Å². The first kappa shape index (κ1) is 61.5. The first-order valence-corrected chi connectivity index (χ1v) is 27.5. The number of phenolic OH excluding ortho intramolecular Hbond substituents is 1. The summed E-state index contributed by atoms with van der Waals surface area (Å²) in [5, 5.41) is 28.7. The number of nitrogens with two attached hydrogens (primary N) is 4. The number of nitrogens with zero attached hydrogens (tertiary/aromatic N) is 2. The van der Waals surface area contributed by atoms with E-state index in [-0.39, 0.29) is 69.1 Å². The number of aliphatic imine (C=N–C) groups is 1. The number of aromatic hydroxyl groups is 1. The smallest absolute Gasteiger partial charge is 0.246 e. The Morgan fingerprint density at radius 1 is 0.789 bits per heavy atom. The van der Waals surface area contributed by atoms with Gasteiger partial charge >= 0.3 is 0 Å². The Balaban J connectivity index is 1.75. The van der Waals surface area contributed by atoms with E-state index in [1.807, 2.05) is 13.8 Å². The van der Waals surface area contributed by atoms with Gasteiger partial charge in [0.1, 0.15) is 48.0 Å². The Labute approximate surface area is 449 Å². The van der Waals surface area contributed by atoms with Crippen LogP contribution in [0.4, 0.5) is 0 Å². The number of guanidine groups is 1. The molecular formula is C50H73N13O11S2. The van der Waals surface area contributed by atoms with Crippen LogP contribution in [0.25, 0.3) is 0 Å². The highest BCUT2D eigenvalue weighted by Crippen LogP contribution is 2.44. The minimum absolute atomic E-state index is 0.0144. The Morgan fingerprint density at radius 3 is 2.00 bits per heavy atom.